The first-order valence-corrected chi connectivity index (χ1v) is 8.18. The number of unbranched alkanes of at least 4 members (excludes halogenated alkanes) is 6. The Bertz CT molecular complexity index is 196. The third-order valence-corrected chi connectivity index (χ3v) is 3.49. The first-order valence-electron chi connectivity index (χ1n) is 6.72. The first kappa shape index (κ1) is 21.8. The molecule has 4 nitrogen and oxygen atoms in total. The molecule has 0 aromatic rings. The largest absolute Gasteiger partial charge is 1.00 e. The zero-order chi connectivity index (χ0) is 13.0. The molecule has 0 aliphatic carbocycles. The van der Waals surface area contributed by atoms with Gasteiger partial charge in [0.2, 0.25) is 0 Å². The van der Waals surface area contributed by atoms with Gasteiger partial charge in [-0.25, -0.2) is 0 Å². The van der Waals surface area contributed by atoms with Crippen LogP contribution in [0.25, 0.3) is 0 Å². The van der Waals surface area contributed by atoms with Crippen molar-refractivity contribution in [2.24, 2.45) is 0 Å². The minimum atomic E-state index is -4.04. The molecule has 0 amide bonds. The van der Waals surface area contributed by atoms with E-state index in [1.165, 1.54) is 0 Å². The number of phosphoric acid groups is 1. The van der Waals surface area contributed by atoms with Crippen molar-refractivity contribution in [2.75, 3.05) is 13.2 Å². The Kier molecular flexibility index (Phi) is 18.0. The second-order valence-corrected chi connectivity index (χ2v) is 5.65. The number of phosphoric ester groups is 1. The maximum atomic E-state index is 11.3. The Balaban J connectivity index is 0. The molecule has 0 aromatic heterocycles. The van der Waals surface area contributed by atoms with E-state index in [0.717, 1.165) is 51.4 Å². The van der Waals surface area contributed by atoms with E-state index < -0.39 is 7.82 Å². The van der Waals surface area contributed by atoms with Crippen LogP contribution in [0, 0.1) is 40.8 Å². The number of rotatable bonds is 12. The summed E-state index contributed by atoms with van der Waals surface area (Å²) in [5.74, 6) is 0. The molecule has 0 fully saturated rings. The molecular formula is C12H26NdO4P. The van der Waals surface area contributed by atoms with Crippen molar-refractivity contribution in [2.45, 2.75) is 65.2 Å². The summed E-state index contributed by atoms with van der Waals surface area (Å²) >= 11 is 0. The van der Waals surface area contributed by atoms with Gasteiger partial charge in [0.15, 0.2) is 0 Å². The van der Waals surface area contributed by atoms with Crippen LogP contribution in [0.2, 0.25) is 0 Å². The smallest absolute Gasteiger partial charge is 0.756 e. The zero-order valence-electron chi connectivity index (χ0n) is 11.7. The molecule has 1 radical (unpaired) electrons. The third kappa shape index (κ3) is 15.5. The maximum Gasteiger partial charge on any atom is 1.00 e. The van der Waals surface area contributed by atoms with Crippen LogP contribution in [0.3, 0.4) is 0 Å². The molecule has 18 heavy (non-hydrogen) atoms. The second-order valence-electron chi connectivity index (χ2n) is 4.23. The summed E-state index contributed by atoms with van der Waals surface area (Å²) in [6.45, 7) is 4.71. The fraction of sp³-hybridized carbons (Fsp3) is 1.00. The first-order chi connectivity index (χ1) is 8.12. The molecule has 0 heterocycles. The van der Waals surface area contributed by atoms with Gasteiger partial charge in [0.25, 0.3) is 7.82 Å². The predicted molar refractivity (Wildman–Crippen MR) is 67.8 cm³/mol. The van der Waals surface area contributed by atoms with E-state index in [1.807, 2.05) is 0 Å². The molecule has 0 spiro atoms. The van der Waals surface area contributed by atoms with Gasteiger partial charge in [-0.3, -0.25) is 4.57 Å². The van der Waals surface area contributed by atoms with Gasteiger partial charge in [-0.05, 0) is 12.8 Å². The summed E-state index contributed by atoms with van der Waals surface area (Å²) in [4.78, 5) is 11.3. The third-order valence-electron chi connectivity index (χ3n) is 2.49. The molecule has 0 unspecified atom stereocenters. The Hall–Kier alpha value is 1.46. The molecule has 0 rings (SSSR count). The van der Waals surface area contributed by atoms with Gasteiger partial charge in [0.05, 0.1) is 13.2 Å². The molecule has 0 aliphatic rings. The van der Waals surface area contributed by atoms with Crippen LogP contribution in [0.4, 0.5) is 0 Å². The Morgan fingerprint density at radius 2 is 1.22 bits per heavy atom. The van der Waals surface area contributed by atoms with E-state index in [2.05, 4.69) is 13.8 Å². The molecule has 0 bridgehead atoms. The molecular weight excluding hydrogens is 383 g/mol. The topological polar surface area (TPSA) is 58.6 Å². The van der Waals surface area contributed by atoms with Crippen molar-refractivity contribution in [1.29, 1.82) is 0 Å². The molecule has 0 aliphatic heterocycles. The van der Waals surface area contributed by atoms with Crippen molar-refractivity contribution in [3.05, 3.63) is 0 Å². The molecule has 0 saturated heterocycles. The standard InChI is InChI=1S/C12H27O4P.Nd/c1-3-5-7-9-11-15-17(13,14)16-12-10-8-6-4-2;/h3-12H2,1-2H3,(H,13,14);/q;+1/p-1. The van der Waals surface area contributed by atoms with E-state index in [-0.39, 0.29) is 54.1 Å². The van der Waals surface area contributed by atoms with E-state index in [4.69, 9.17) is 9.05 Å². The molecule has 6 heteroatoms. The van der Waals surface area contributed by atoms with Crippen LogP contribution < -0.4 is 4.89 Å². The normalized spacial score (nSPS) is 11.3. The Morgan fingerprint density at radius 1 is 0.833 bits per heavy atom. The van der Waals surface area contributed by atoms with E-state index in [9.17, 15) is 9.46 Å². The summed E-state index contributed by atoms with van der Waals surface area (Å²) in [7, 11) is -4.04. The molecule has 0 N–H and O–H groups in total. The minimum Gasteiger partial charge on any atom is -0.756 e. The monoisotopic (exact) mass is 407 g/mol. The number of hydrogen-bond acceptors (Lipinski definition) is 4. The zero-order valence-corrected chi connectivity index (χ0v) is 15.8. The van der Waals surface area contributed by atoms with E-state index in [0.29, 0.717) is 0 Å². The fourth-order valence-corrected chi connectivity index (χ4v) is 2.23. The van der Waals surface area contributed by atoms with E-state index >= 15 is 0 Å². The summed E-state index contributed by atoms with van der Waals surface area (Å²) in [6, 6.07) is 0. The van der Waals surface area contributed by atoms with Crippen molar-refractivity contribution >= 4 is 7.82 Å². The fourth-order valence-electron chi connectivity index (χ4n) is 1.45. The Labute approximate surface area is 144 Å². The van der Waals surface area contributed by atoms with Crippen LogP contribution in [0.5, 0.6) is 0 Å². The molecule has 0 saturated carbocycles. The predicted octanol–water partition coefficient (Wildman–Crippen LogP) is 3.65. The average Bonchev–Trinajstić information content (AvgIpc) is 2.28. The molecule has 0 aromatic carbocycles. The summed E-state index contributed by atoms with van der Waals surface area (Å²) in [5.41, 5.74) is 0. The van der Waals surface area contributed by atoms with Gasteiger partial charge in [-0.2, -0.15) is 0 Å². The van der Waals surface area contributed by atoms with Gasteiger partial charge >= 0.3 is 40.8 Å². The van der Waals surface area contributed by atoms with Gasteiger partial charge < -0.3 is 13.9 Å². The second kappa shape index (κ2) is 14.9. The molecule has 107 valence electrons. The van der Waals surface area contributed by atoms with Crippen molar-refractivity contribution < 1.29 is 59.3 Å². The average molecular weight is 410 g/mol. The van der Waals surface area contributed by atoms with Crippen LogP contribution in [0.1, 0.15) is 65.2 Å². The van der Waals surface area contributed by atoms with Gasteiger partial charge in [-0.15, -0.1) is 0 Å². The van der Waals surface area contributed by atoms with Crippen LogP contribution in [-0.2, 0) is 13.6 Å². The van der Waals surface area contributed by atoms with Gasteiger partial charge in [0, 0.05) is 0 Å². The van der Waals surface area contributed by atoms with Gasteiger partial charge in [0.1, 0.15) is 0 Å². The van der Waals surface area contributed by atoms with Crippen LogP contribution in [0.15, 0.2) is 0 Å². The quantitative estimate of drug-likeness (QED) is 0.365. The summed E-state index contributed by atoms with van der Waals surface area (Å²) in [6.07, 6.45) is 8.05. The Morgan fingerprint density at radius 3 is 1.56 bits per heavy atom. The SMILES string of the molecule is CCCCCCOP(=O)([O-])OCCCCCC.[Nd+]. The maximum absolute atomic E-state index is 11.3. The summed E-state index contributed by atoms with van der Waals surface area (Å²) < 4.78 is 20.8. The summed E-state index contributed by atoms with van der Waals surface area (Å²) in [5, 5.41) is 0. The number of hydrogen-bond donors (Lipinski definition) is 0. The van der Waals surface area contributed by atoms with Crippen LogP contribution in [-0.4, -0.2) is 13.2 Å². The van der Waals surface area contributed by atoms with Crippen LogP contribution >= 0.6 is 7.82 Å². The van der Waals surface area contributed by atoms with Gasteiger partial charge in [-0.1, -0.05) is 52.4 Å². The van der Waals surface area contributed by atoms with Crippen molar-refractivity contribution in [1.82, 2.24) is 0 Å². The molecule has 0 atom stereocenters. The minimum absolute atomic E-state index is 0. The van der Waals surface area contributed by atoms with Crippen molar-refractivity contribution in [3.63, 3.8) is 0 Å². The van der Waals surface area contributed by atoms with E-state index in [1.54, 1.807) is 0 Å². The van der Waals surface area contributed by atoms with Crippen molar-refractivity contribution in [3.8, 4) is 0 Å².